The van der Waals surface area contributed by atoms with Crippen LogP contribution in [0.25, 0.3) is 0 Å². The molecule has 1 saturated carbocycles. The van der Waals surface area contributed by atoms with Crippen molar-refractivity contribution in [3.63, 3.8) is 0 Å². The van der Waals surface area contributed by atoms with Crippen LogP contribution in [-0.2, 0) is 16.9 Å². The van der Waals surface area contributed by atoms with Gasteiger partial charge >= 0.3 is 0 Å². The van der Waals surface area contributed by atoms with E-state index >= 15 is 0 Å². The van der Waals surface area contributed by atoms with Crippen molar-refractivity contribution < 1.29 is 9.84 Å². The highest BCUT2D eigenvalue weighted by atomic mass is 16.5. The maximum absolute atomic E-state index is 10.4. The minimum absolute atomic E-state index is 0.115. The van der Waals surface area contributed by atoms with Gasteiger partial charge in [-0.2, -0.15) is 0 Å². The Morgan fingerprint density at radius 3 is 2.15 bits per heavy atom. The van der Waals surface area contributed by atoms with Crippen LogP contribution in [-0.4, -0.2) is 26.7 Å². The van der Waals surface area contributed by atoms with Gasteiger partial charge in [-0.1, -0.05) is 65.9 Å². The van der Waals surface area contributed by atoms with Crippen LogP contribution in [0, 0.1) is 0 Å². The molecule has 26 heavy (non-hydrogen) atoms. The van der Waals surface area contributed by atoms with Gasteiger partial charge in [0.25, 0.3) is 0 Å². The average Bonchev–Trinajstić information content (AvgIpc) is 3.14. The second-order valence-electron chi connectivity index (χ2n) is 6.82. The minimum atomic E-state index is -0.768. The van der Waals surface area contributed by atoms with Gasteiger partial charge in [0.05, 0.1) is 19.3 Å². The van der Waals surface area contributed by atoms with E-state index in [2.05, 4.69) is 34.6 Å². The number of aromatic nitrogens is 3. The molecule has 0 atom stereocenters. The van der Waals surface area contributed by atoms with Gasteiger partial charge in [-0.3, -0.25) is 0 Å². The van der Waals surface area contributed by atoms with Gasteiger partial charge in [0.2, 0.25) is 0 Å². The maximum atomic E-state index is 10.4. The van der Waals surface area contributed by atoms with E-state index in [4.69, 9.17) is 4.74 Å². The molecule has 0 spiro atoms. The lowest BCUT2D eigenvalue weighted by Gasteiger charge is -2.34. The molecule has 134 valence electrons. The number of benzene rings is 2. The predicted molar refractivity (Wildman–Crippen MR) is 98.4 cm³/mol. The van der Waals surface area contributed by atoms with Crippen molar-refractivity contribution in [3.8, 4) is 0 Å². The normalized spacial score (nSPS) is 15.8. The average molecular weight is 349 g/mol. The molecular weight excluding hydrogens is 326 g/mol. The Kier molecular flexibility index (Phi) is 4.82. The van der Waals surface area contributed by atoms with Crippen LogP contribution in [0.3, 0.4) is 0 Å². The molecule has 0 saturated heterocycles. The molecule has 1 N–H and O–H groups in total. The molecule has 1 heterocycles. The highest BCUT2D eigenvalue weighted by Crippen LogP contribution is 2.39. The zero-order valence-corrected chi connectivity index (χ0v) is 14.7. The van der Waals surface area contributed by atoms with Crippen LogP contribution < -0.4 is 0 Å². The standard InChI is InChI=1S/C21H23N3O2/c25-21(12-7-13-21)19-16-24(23-22-19)14-15-26-20(17-8-3-1-4-9-17)18-10-5-2-6-11-18/h1-6,8-11,16,20,25H,7,12-15H2. The number of hydrogen-bond acceptors (Lipinski definition) is 4. The Morgan fingerprint density at radius 2 is 1.62 bits per heavy atom. The highest BCUT2D eigenvalue weighted by Gasteiger charge is 2.38. The van der Waals surface area contributed by atoms with Crippen LogP contribution in [0.5, 0.6) is 0 Å². The topological polar surface area (TPSA) is 60.2 Å². The molecule has 5 heteroatoms. The van der Waals surface area contributed by atoms with Crippen LogP contribution in [0.4, 0.5) is 0 Å². The van der Waals surface area contributed by atoms with Crippen molar-refractivity contribution in [2.75, 3.05) is 6.61 Å². The first-order chi connectivity index (χ1) is 12.7. The lowest BCUT2D eigenvalue weighted by Crippen LogP contribution is -2.34. The molecule has 3 aromatic rings. The van der Waals surface area contributed by atoms with Crippen molar-refractivity contribution in [1.82, 2.24) is 15.0 Å². The molecule has 0 unspecified atom stereocenters. The van der Waals surface area contributed by atoms with Gasteiger partial charge in [0.15, 0.2) is 0 Å². The summed E-state index contributed by atoms with van der Waals surface area (Å²) in [5, 5.41) is 18.6. The van der Waals surface area contributed by atoms with Gasteiger partial charge in [-0.05, 0) is 30.4 Å². The van der Waals surface area contributed by atoms with E-state index in [0.717, 1.165) is 30.4 Å². The van der Waals surface area contributed by atoms with Crippen LogP contribution in [0.1, 0.15) is 42.2 Å². The van der Waals surface area contributed by atoms with Crippen molar-refractivity contribution >= 4 is 0 Å². The molecule has 0 radical (unpaired) electrons. The molecule has 1 aromatic heterocycles. The molecular formula is C21H23N3O2. The lowest BCUT2D eigenvalue weighted by atomic mass is 9.78. The summed E-state index contributed by atoms with van der Waals surface area (Å²) in [5.41, 5.74) is 2.16. The van der Waals surface area contributed by atoms with E-state index in [1.54, 1.807) is 4.68 Å². The first-order valence-electron chi connectivity index (χ1n) is 9.09. The third-order valence-electron chi connectivity index (χ3n) is 5.01. The molecule has 1 aliphatic carbocycles. The summed E-state index contributed by atoms with van der Waals surface area (Å²) in [6, 6.07) is 20.4. The van der Waals surface area contributed by atoms with E-state index in [1.807, 2.05) is 42.6 Å². The molecule has 0 amide bonds. The Hall–Kier alpha value is -2.50. The van der Waals surface area contributed by atoms with Crippen molar-refractivity contribution in [3.05, 3.63) is 83.7 Å². The molecule has 4 rings (SSSR count). The van der Waals surface area contributed by atoms with E-state index in [0.29, 0.717) is 18.8 Å². The smallest absolute Gasteiger partial charge is 0.114 e. The fourth-order valence-electron chi connectivity index (χ4n) is 3.29. The van der Waals surface area contributed by atoms with Crippen molar-refractivity contribution in [2.24, 2.45) is 0 Å². The zero-order valence-electron chi connectivity index (χ0n) is 14.7. The summed E-state index contributed by atoms with van der Waals surface area (Å²) in [4.78, 5) is 0. The molecule has 0 bridgehead atoms. The summed E-state index contributed by atoms with van der Waals surface area (Å²) < 4.78 is 7.95. The lowest BCUT2D eigenvalue weighted by molar-refractivity contribution is -0.0427. The van der Waals surface area contributed by atoms with E-state index < -0.39 is 5.60 Å². The minimum Gasteiger partial charge on any atom is -0.383 e. The Balaban J connectivity index is 1.42. The zero-order chi connectivity index (χ0) is 17.8. The van der Waals surface area contributed by atoms with Crippen LogP contribution in [0.2, 0.25) is 0 Å². The fraction of sp³-hybridized carbons (Fsp3) is 0.333. The van der Waals surface area contributed by atoms with Gasteiger partial charge < -0.3 is 9.84 Å². The second-order valence-corrected chi connectivity index (χ2v) is 6.82. The van der Waals surface area contributed by atoms with E-state index in [1.165, 1.54) is 0 Å². The van der Waals surface area contributed by atoms with Crippen molar-refractivity contribution in [2.45, 2.75) is 37.5 Å². The maximum Gasteiger partial charge on any atom is 0.114 e. The Bertz CT molecular complexity index is 789. The SMILES string of the molecule is OC1(c2cn(CCOC(c3ccccc3)c3ccccc3)nn2)CCC1. The Labute approximate surface area is 153 Å². The monoisotopic (exact) mass is 349 g/mol. The van der Waals surface area contributed by atoms with E-state index in [-0.39, 0.29) is 6.10 Å². The number of hydrogen-bond donors (Lipinski definition) is 1. The summed E-state index contributed by atoms with van der Waals surface area (Å²) in [6.45, 7) is 1.11. The van der Waals surface area contributed by atoms with Gasteiger partial charge in [-0.15, -0.1) is 5.10 Å². The summed E-state index contributed by atoms with van der Waals surface area (Å²) in [7, 11) is 0. The molecule has 5 nitrogen and oxygen atoms in total. The molecule has 0 aliphatic heterocycles. The summed E-state index contributed by atoms with van der Waals surface area (Å²) >= 11 is 0. The Morgan fingerprint density at radius 1 is 1.00 bits per heavy atom. The number of nitrogens with zero attached hydrogens (tertiary/aromatic N) is 3. The van der Waals surface area contributed by atoms with E-state index in [9.17, 15) is 5.11 Å². The third kappa shape index (κ3) is 3.54. The van der Waals surface area contributed by atoms with Gasteiger partial charge in [0, 0.05) is 0 Å². The second kappa shape index (κ2) is 7.40. The number of rotatable bonds is 7. The van der Waals surface area contributed by atoms with Gasteiger partial charge in [-0.25, -0.2) is 4.68 Å². The molecule has 2 aromatic carbocycles. The molecule has 1 aliphatic rings. The summed E-state index contributed by atoms with van der Waals surface area (Å²) in [6.07, 6.45) is 4.31. The predicted octanol–water partition coefficient (Wildman–Crippen LogP) is 3.46. The third-order valence-corrected chi connectivity index (χ3v) is 5.01. The quantitative estimate of drug-likeness (QED) is 0.710. The molecule has 1 fully saturated rings. The van der Waals surface area contributed by atoms with Crippen LogP contribution in [0.15, 0.2) is 66.9 Å². The highest BCUT2D eigenvalue weighted by molar-refractivity contribution is 5.29. The number of ether oxygens (including phenoxy) is 1. The van der Waals surface area contributed by atoms with Crippen molar-refractivity contribution in [1.29, 1.82) is 0 Å². The summed E-state index contributed by atoms with van der Waals surface area (Å²) in [5.74, 6) is 0. The largest absolute Gasteiger partial charge is 0.383 e. The van der Waals surface area contributed by atoms with Crippen LogP contribution >= 0.6 is 0 Å². The van der Waals surface area contributed by atoms with Gasteiger partial charge in [0.1, 0.15) is 17.4 Å². The number of aliphatic hydroxyl groups is 1. The fourth-order valence-corrected chi connectivity index (χ4v) is 3.29. The first kappa shape index (κ1) is 16.9. The first-order valence-corrected chi connectivity index (χ1v) is 9.09.